The van der Waals surface area contributed by atoms with Gasteiger partial charge in [0.15, 0.2) is 0 Å². The SMILES string of the molecule is N#CC=C(C#N)C(=O)OC(=O)CO. The fourth-order valence-corrected chi connectivity index (χ4v) is 0.392. The standard InChI is InChI=1S/C7H4N2O4/c8-2-1-5(3-9)7(12)13-6(11)4-10/h1,10H,4H2. The van der Waals surface area contributed by atoms with Crippen molar-refractivity contribution in [3.05, 3.63) is 11.6 Å². The molecule has 0 aliphatic rings. The molecule has 0 rings (SSSR count). The Kier molecular flexibility index (Phi) is 4.55. The number of hydrogen-bond donors (Lipinski definition) is 1. The number of ether oxygens (including phenoxy) is 1. The molecule has 0 aromatic rings. The van der Waals surface area contributed by atoms with Gasteiger partial charge in [-0.25, -0.2) is 9.59 Å². The number of carbonyl (C=O) groups is 2. The second-order valence-electron chi connectivity index (χ2n) is 1.72. The normalized spacial score (nSPS) is 9.62. The molecule has 0 unspecified atom stereocenters. The van der Waals surface area contributed by atoms with Gasteiger partial charge < -0.3 is 9.84 Å². The number of aliphatic hydroxyl groups excluding tert-OH is 1. The van der Waals surface area contributed by atoms with E-state index in [1.165, 1.54) is 12.1 Å². The third-order valence-corrected chi connectivity index (χ3v) is 0.885. The number of rotatable bonds is 2. The summed E-state index contributed by atoms with van der Waals surface area (Å²) in [5.41, 5.74) is -0.593. The lowest BCUT2D eigenvalue weighted by molar-refractivity contribution is -0.158. The Morgan fingerprint density at radius 1 is 1.46 bits per heavy atom. The Labute approximate surface area is 73.3 Å². The molecule has 0 heterocycles. The van der Waals surface area contributed by atoms with Crippen molar-refractivity contribution in [1.29, 1.82) is 10.5 Å². The van der Waals surface area contributed by atoms with Crippen molar-refractivity contribution in [2.24, 2.45) is 0 Å². The van der Waals surface area contributed by atoms with Crippen molar-refractivity contribution in [3.8, 4) is 12.1 Å². The zero-order chi connectivity index (χ0) is 10.3. The molecule has 0 amide bonds. The van der Waals surface area contributed by atoms with Crippen LogP contribution in [0.1, 0.15) is 0 Å². The lowest BCUT2D eigenvalue weighted by Gasteiger charge is -1.96. The van der Waals surface area contributed by atoms with Crippen LogP contribution in [0.5, 0.6) is 0 Å². The maximum Gasteiger partial charge on any atom is 0.357 e. The first kappa shape index (κ1) is 10.8. The summed E-state index contributed by atoms with van der Waals surface area (Å²) < 4.78 is 3.94. The highest BCUT2D eigenvalue weighted by Gasteiger charge is 2.14. The van der Waals surface area contributed by atoms with Gasteiger partial charge in [0.1, 0.15) is 18.2 Å². The first-order valence-electron chi connectivity index (χ1n) is 3.01. The van der Waals surface area contributed by atoms with Crippen LogP contribution in [-0.2, 0) is 14.3 Å². The van der Waals surface area contributed by atoms with Crippen molar-refractivity contribution >= 4 is 11.9 Å². The lowest BCUT2D eigenvalue weighted by atomic mass is 10.3. The van der Waals surface area contributed by atoms with Crippen molar-refractivity contribution in [2.45, 2.75) is 0 Å². The van der Waals surface area contributed by atoms with Crippen LogP contribution in [0.3, 0.4) is 0 Å². The summed E-state index contributed by atoms with van der Waals surface area (Å²) in [6.07, 6.45) is 0.646. The van der Waals surface area contributed by atoms with Crippen LogP contribution in [0, 0.1) is 22.7 Å². The van der Waals surface area contributed by atoms with Gasteiger partial charge in [0.25, 0.3) is 0 Å². The molecular weight excluding hydrogens is 176 g/mol. The molecular formula is C7H4N2O4. The van der Waals surface area contributed by atoms with E-state index in [0.717, 1.165) is 0 Å². The fraction of sp³-hybridized carbons (Fsp3) is 0.143. The number of allylic oxidation sites excluding steroid dienone is 1. The van der Waals surface area contributed by atoms with Crippen LogP contribution < -0.4 is 0 Å². The minimum absolute atomic E-state index is 0.593. The van der Waals surface area contributed by atoms with Gasteiger partial charge in [-0.3, -0.25) is 0 Å². The maximum atomic E-state index is 10.7. The van der Waals surface area contributed by atoms with Crippen molar-refractivity contribution < 1.29 is 19.4 Å². The van der Waals surface area contributed by atoms with Gasteiger partial charge in [-0.1, -0.05) is 0 Å². The van der Waals surface area contributed by atoms with Gasteiger partial charge in [0.05, 0.1) is 6.07 Å². The number of nitrogens with zero attached hydrogens (tertiary/aromatic N) is 2. The van der Waals surface area contributed by atoms with E-state index in [1.807, 2.05) is 0 Å². The molecule has 0 aliphatic heterocycles. The molecule has 66 valence electrons. The Morgan fingerprint density at radius 3 is 2.46 bits per heavy atom. The van der Waals surface area contributed by atoms with E-state index in [4.69, 9.17) is 15.6 Å². The molecule has 0 aromatic heterocycles. The van der Waals surface area contributed by atoms with E-state index < -0.39 is 24.1 Å². The smallest absolute Gasteiger partial charge is 0.357 e. The molecule has 0 saturated heterocycles. The first-order valence-corrected chi connectivity index (χ1v) is 3.01. The summed E-state index contributed by atoms with van der Waals surface area (Å²) >= 11 is 0. The fourth-order valence-electron chi connectivity index (χ4n) is 0.392. The molecule has 0 radical (unpaired) electrons. The number of aliphatic hydroxyl groups is 1. The van der Waals surface area contributed by atoms with Crippen LogP contribution in [0.4, 0.5) is 0 Å². The summed E-state index contributed by atoms with van der Waals surface area (Å²) in [5, 5.41) is 24.5. The number of carbonyl (C=O) groups excluding carboxylic acids is 2. The third-order valence-electron chi connectivity index (χ3n) is 0.885. The van der Waals surface area contributed by atoms with Crippen LogP contribution >= 0.6 is 0 Å². The molecule has 0 aromatic carbocycles. The summed E-state index contributed by atoms with van der Waals surface area (Å²) in [4.78, 5) is 21.1. The molecule has 0 fully saturated rings. The largest absolute Gasteiger partial charge is 0.387 e. The minimum Gasteiger partial charge on any atom is -0.387 e. The Bertz CT molecular complexity index is 331. The highest BCUT2D eigenvalue weighted by Crippen LogP contribution is 1.95. The van der Waals surface area contributed by atoms with Gasteiger partial charge in [-0.05, 0) is 0 Å². The van der Waals surface area contributed by atoms with Gasteiger partial charge in [-0.15, -0.1) is 0 Å². The molecule has 0 aliphatic carbocycles. The van der Waals surface area contributed by atoms with E-state index in [9.17, 15) is 9.59 Å². The highest BCUT2D eigenvalue weighted by atomic mass is 16.6. The predicted octanol–water partition coefficient (Wildman–Crippen LogP) is -0.978. The summed E-state index contributed by atoms with van der Waals surface area (Å²) in [5.74, 6) is -2.42. The van der Waals surface area contributed by atoms with Gasteiger partial charge in [0.2, 0.25) is 0 Å². The van der Waals surface area contributed by atoms with Crippen LogP contribution in [0.15, 0.2) is 11.6 Å². The topological polar surface area (TPSA) is 111 Å². The summed E-state index contributed by atoms with van der Waals surface area (Å²) in [6.45, 7) is -0.961. The average Bonchev–Trinajstić information content (AvgIpc) is 2.13. The van der Waals surface area contributed by atoms with E-state index in [0.29, 0.717) is 6.08 Å². The maximum absolute atomic E-state index is 10.7. The zero-order valence-corrected chi connectivity index (χ0v) is 6.35. The molecule has 0 saturated carbocycles. The number of hydrogen-bond acceptors (Lipinski definition) is 6. The molecule has 0 atom stereocenters. The Hall–Kier alpha value is -2.18. The number of esters is 2. The molecule has 1 N–H and O–H groups in total. The van der Waals surface area contributed by atoms with Crippen molar-refractivity contribution in [2.75, 3.05) is 6.61 Å². The zero-order valence-electron chi connectivity index (χ0n) is 6.35. The van der Waals surface area contributed by atoms with E-state index in [-0.39, 0.29) is 0 Å². The van der Waals surface area contributed by atoms with Crippen LogP contribution in [0.2, 0.25) is 0 Å². The second-order valence-corrected chi connectivity index (χ2v) is 1.72. The first-order chi connectivity index (χ1) is 6.15. The molecule has 6 heteroatoms. The molecule has 13 heavy (non-hydrogen) atoms. The van der Waals surface area contributed by atoms with Gasteiger partial charge in [-0.2, -0.15) is 10.5 Å². The van der Waals surface area contributed by atoms with E-state index >= 15 is 0 Å². The van der Waals surface area contributed by atoms with E-state index in [1.54, 1.807) is 0 Å². The van der Waals surface area contributed by atoms with Crippen molar-refractivity contribution in [3.63, 3.8) is 0 Å². The predicted molar refractivity (Wildman–Crippen MR) is 37.5 cm³/mol. The Morgan fingerprint density at radius 2 is 2.08 bits per heavy atom. The number of nitriles is 2. The minimum atomic E-state index is -1.25. The molecule has 0 bridgehead atoms. The van der Waals surface area contributed by atoms with Gasteiger partial charge >= 0.3 is 11.9 Å². The monoisotopic (exact) mass is 180 g/mol. The molecule has 6 nitrogen and oxygen atoms in total. The van der Waals surface area contributed by atoms with Crippen molar-refractivity contribution in [1.82, 2.24) is 0 Å². The quantitative estimate of drug-likeness (QED) is 0.253. The van der Waals surface area contributed by atoms with Crippen LogP contribution in [0.25, 0.3) is 0 Å². The lowest BCUT2D eigenvalue weighted by Crippen LogP contribution is -2.16. The Balaban J connectivity index is 4.45. The van der Waals surface area contributed by atoms with Crippen LogP contribution in [-0.4, -0.2) is 23.7 Å². The third kappa shape index (κ3) is 3.65. The molecule has 0 spiro atoms. The summed E-state index contributed by atoms with van der Waals surface area (Å²) in [7, 11) is 0. The summed E-state index contributed by atoms with van der Waals surface area (Å²) in [6, 6.07) is 2.79. The average molecular weight is 180 g/mol. The highest BCUT2D eigenvalue weighted by molar-refractivity contribution is 5.99. The van der Waals surface area contributed by atoms with Gasteiger partial charge in [0, 0.05) is 6.08 Å². The second kappa shape index (κ2) is 5.47. The van der Waals surface area contributed by atoms with E-state index in [2.05, 4.69) is 4.74 Å².